The van der Waals surface area contributed by atoms with Gasteiger partial charge < -0.3 is 0 Å². The van der Waals surface area contributed by atoms with Crippen LogP contribution in [-0.4, -0.2) is 47.1 Å². The van der Waals surface area contributed by atoms with Crippen LogP contribution in [0.5, 0.6) is 0 Å². The van der Waals surface area contributed by atoms with Crippen LogP contribution in [0.3, 0.4) is 0 Å². The topological polar surface area (TPSA) is 6.48 Å². The van der Waals surface area contributed by atoms with Crippen molar-refractivity contribution in [2.45, 2.75) is 107 Å². The van der Waals surface area contributed by atoms with Crippen molar-refractivity contribution in [2.75, 3.05) is 26.2 Å². The quantitative estimate of drug-likeness (QED) is 0.496. The third-order valence-corrected chi connectivity index (χ3v) is 6.72. The standard InChI is InChI=1S/2C12H25N/c2*1-11(2,3)10-7-8-13(9-10)12(4,5)6/h2*10H,7-9H2,1-6H3/t2*10-/m10/s1. The van der Waals surface area contributed by atoms with Crippen LogP contribution in [0.15, 0.2) is 0 Å². The van der Waals surface area contributed by atoms with Gasteiger partial charge in [-0.05, 0) is 90.1 Å². The molecule has 2 nitrogen and oxygen atoms in total. The molecule has 2 atom stereocenters. The number of nitrogens with zero attached hydrogens (tertiary/aromatic N) is 2. The maximum absolute atomic E-state index is 2.61. The average molecular weight is 367 g/mol. The second kappa shape index (κ2) is 8.11. The van der Waals surface area contributed by atoms with E-state index in [0.29, 0.717) is 21.9 Å². The Morgan fingerprint density at radius 3 is 0.885 bits per heavy atom. The van der Waals surface area contributed by atoms with Crippen LogP contribution in [0.2, 0.25) is 0 Å². The molecule has 0 N–H and O–H groups in total. The molecule has 0 radical (unpaired) electrons. The van der Waals surface area contributed by atoms with Gasteiger partial charge in [-0.15, -0.1) is 0 Å². The molecule has 0 spiro atoms. The monoisotopic (exact) mass is 366 g/mol. The van der Waals surface area contributed by atoms with Gasteiger partial charge in [0.05, 0.1) is 0 Å². The molecular formula is C24H50N2. The van der Waals surface area contributed by atoms with Gasteiger partial charge in [-0.2, -0.15) is 0 Å². The van der Waals surface area contributed by atoms with Crippen molar-refractivity contribution in [3.05, 3.63) is 0 Å². The van der Waals surface area contributed by atoms with Gasteiger partial charge in [0.1, 0.15) is 0 Å². The van der Waals surface area contributed by atoms with E-state index in [0.717, 1.165) is 11.8 Å². The number of likely N-dealkylation sites (tertiary alicyclic amines) is 2. The van der Waals surface area contributed by atoms with Crippen molar-refractivity contribution in [3.63, 3.8) is 0 Å². The van der Waals surface area contributed by atoms with Gasteiger partial charge in [0.25, 0.3) is 0 Å². The van der Waals surface area contributed by atoms with Gasteiger partial charge in [-0.3, -0.25) is 9.80 Å². The van der Waals surface area contributed by atoms with E-state index in [1.165, 1.54) is 39.0 Å². The molecule has 2 saturated heterocycles. The van der Waals surface area contributed by atoms with Gasteiger partial charge in [0.2, 0.25) is 0 Å². The first kappa shape index (κ1) is 24.0. The Bertz CT molecular complexity index is 343. The van der Waals surface area contributed by atoms with Crippen molar-refractivity contribution in [3.8, 4) is 0 Å². The van der Waals surface area contributed by atoms with E-state index in [4.69, 9.17) is 0 Å². The normalized spacial score (nSPS) is 26.8. The lowest BCUT2D eigenvalue weighted by atomic mass is 9.80. The Labute approximate surface area is 166 Å². The molecule has 2 rings (SSSR count). The molecule has 0 aliphatic carbocycles. The first-order chi connectivity index (χ1) is 11.4. The summed E-state index contributed by atoms with van der Waals surface area (Å²) in [5, 5.41) is 0. The predicted octanol–water partition coefficient (Wildman–Crippen LogP) is 6.31. The van der Waals surface area contributed by atoms with E-state index in [2.05, 4.69) is 92.9 Å². The van der Waals surface area contributed by atoms with Gasteiger partial charge in [0, 0.05) is 24.2 Å². The third-order valence-electron chi connectivity index (χ3n) is 6.72. The Hall–Kier alpha value is -0.0800. The van der Waals surface area contributed by atoms with Crippen LogP contribution in [-0.2, 0) is 0 Å². The Kier molecular flexibility index (Phi) is 7.48. The smallest absolute Gasteiger partial charge is 0.0125 e. The number of rotatable bonds is 0. The summed E-state index contributed by atoms with van der Waals surface area (Å²) < 4.78 is 0. The highest BCUT2D eigenvalue weighted by Crippen LogP contribution is 2.37. The Balaban J connectivity index is 0.000000260. The van der Waals surface area contributed by atoms with E-state index in [1.807, 2.05) is 0 Å². The second-order valence-corrected chi connectivity index (χ2v) is 12.9. The van der Waals surface area contributed by atoms with Gasteiger partial charge in [0.15, 0.2) is 0 Å². The zero-order valence-electron chi connectivity index (χ0n) is 20.3. The summed E-state index contributed by atoms with van der Waals surface area (Å²) in [6.07, 6.45) is 2.75. The maximum Gasteiger partial charge on any atom is 0.0125 e. The molecule has 0 unspecified atom stereocenters. The van der Waals surface area contributed by atoms with Crippen molar-refractivity contribution >= 4 is 0 Å². The maximum atomic E-state index is 2.61. The zero-order chi connectivity index (χ0) is 20.6. The summed E-state index contributed by atoms with van der Waals surface area (Å²) in [6.45, 7) is 33.2. The fourth-order valence-electron chi connectivity index (χ4n) is 4.15. The van der Waals surface area contributed by atoms with E-state index >= 15 is 0 Å². The van der Waals surface area contributed by atoms with Crippen LogP contribution >= 0.6 is 0 Å². The minimum absolute atomic E-state index is 0.361. The lowest BCUT2D eigenvalue weighted by molar-refractivity contribution is 0.148. The molecule has 2 aliphatic rings. The highest BCUT2D eigenvalue weighted by atomic mass is 15.2. The largest absolute Gasteiger partial charge is 0.298 e. The fraction of sp³-hybridized carbons (Fsp3) is 1.00. The Morgan fingerprint density at radius 1 is 0.500 bits per heavy atom. The van der Waals surface area contributed by atoms with Crippen LogP contribution < -0.4 is 0 Å². The number of hydrogen-bond donors (Lipinski definition) is 0. The number of hydrogen-bond acceptors (Lipinski definition) is 2. The van der Waals surface area contributed by atoms with Gasteiger partial charge in [-0.25, -0.2) is 0 Å². The molecule has 2 fully saturated rings. The molecule has 0 bridgehead atoms. The lowest BCUT2D eigenvalue weighted by Crippen LogP contribution is -2.40. The van der Waals surface area contributed by atoms with E-state index in [9.17, 15) is 0 Å². The SMILES string of the molecule is CC(C)(C)[C@@H]1CCN(C(C)(C)C)C1.CC(C)(C)[C@H]1CCN(C(C)(C)C)C1. The highest BCUT2D eigenvalue weighted by Gasteiger charge is 2.36. The molecule has 0 aromatic rings. The summed E-state index contributed by atoms with van der Waals surface area (Å²) in [4.78, 5) is 5.23. The molecule has 0 amide bonds. The van der Waals surface area contributed by atoms with Crippen LogP contribution in [0, 0.1) is 22.7 Å². The highest BCUT2D eigenvalue weighted by molar-refractivity contribution is 4.90. The van der Waals surface area contributed by atoms with Crippen molar-refractivity contribution < 1.29 is 0 Å². The first-order valence-electron chi connectivity index (χ1n) is 10.9. The molecule has 156 valence electrons. The summed E-state index contributed by atoms with van der Waals surface area (Å²) in [6, 6.07) is 0. The zero-order valence-corrected chi connectivity index (χ0v) is 20.3. The van der Waals surface area contributed by atoms with Gasteiger partial charge >= 0.3 is 0 Å². The van der Waals surface area contributed by atoms with Crippen molar-refractivity contribution in [2.24, 2.45) is 22.7 Å². The second-order valence-electron chi connectivity index (χ2n) is 12.9. The molecule has 2 heteroatoms. The van der Waals surface area contributed by atoms with Crippen LogP contribution in [0.4, 0.5) is 0 Å². The fourth-order valence-corrected chi connectivity index (χ4v) is 4.15. The average Bonchev–Trinajstić information content (AvgIpc) is 3.06. The minimum atomic E-state index is 0.361. The van der Waals surface area contributed by atoms with E-state index in [1.54, 1.807) is 0 Å². The van der Waals surface area contributed by atoms with Gasteiger partial charge in [-0.1, -0.05) is 41.5 Å². The Morgan fingerprint density at radius 2 is 0.769 bits per heavy atom. The molecule has 0 aromatic heterocycles. The molecule has 2 aliphatic heterocycles. The summed E-state index contributed by atoms with van der Waals surface area (Å²) in [5.41, 5.74) is 1.69. The van der Waals surface area contributed by atoms with E-state index < -0.39 is 0 Å². The van der Waals surface area contributed by atoms with Crippen LogP contribution in [0.1, 0.15) is 95.9 Å². The summed E-state index contributed by atoms with van der Waals surface area (Å²) >= 11 is 0. The van der Waals surface area contributed by atoms with Crippen LogP contribution in [0.25, 0.3) is 0 Å². The molecule has 0 saturated carbocycles. The first-order valence-corrected chi connectivity index (χ1v) is 10.9. The van der Waals surface area contributed by atoms with Crippen molar-refractivity contribution in [1.29, 1.82) is 0 Å². The third kappa shape index (κ3) is 7.15. The summed E-state index contributed by atoms with van der Waals surface area (Å²) in [5.74, 6) is 1.76. The predicted molar refractivity (Wildman–Crippen MR) is 118 cm³/mol. The summed E-state index contributed by atoms with van der Waals surface area (Å²) in [7, 11) is 0. The molecule has 26 heavy (non-hydrogen) atoms. The van der Waals surface area contributed by atoms with Crippen molar-refractivity contribution in [1.82, 2.24) is 9.80 Å². The molecule has 2 heterocycles. The minimum Gasteiger partial charge on any atom is -0.298 e. The lowest BCUT2D eigenvalue weighted by Gasteiger charge is -2.33. The molecule has 0 aromatic carbocycles. The van der Waals surface area contributed by atoms with E-state index in [-0.39, 0.29) is 0 Å². The molecular weight excluding hydrogens is 316 g/mol.